The molecule has 0 atom stereocenters. The van der Waals surface area contributed by atoms with Gasteiger partial charge in [-0.25, -0.2) is 4.39 Å². The quantitative estimate of drug-likeness (QED) is 0.739. The Bertz CT molecular complexity index is 433. The summed E-state index contributed by atoms with van der Waals surface area (Å²) in [5, 5.41) is 8.98. The molecule has 1 rings (SSSR count). The Balaban J connectivity index is 3.58. The lowest BCUT2D eigenvalue weighted by Gasteiger charge is -2.16. The van der Waals surface area contributed by atoms with Gasteiger partial charge in [-0.3, -0.25) is 0 Å². The van der Waals surface area contributed by atoms with Crippen LogP contribution in [-0.2, 0) is 6.42 Å². The lowest BCUT2D eigenvalue weighted by Crippen LogP contribution is -2.02. The Labute approximate surface area is 101 Å². The fourth-order valence-electron chi connectivity index (χ4n) is 1.83. The fraction of sp³-hybridized carbons (Fsp3) is 0.462. The summed E-state index contributed by atoms with van der Waals surface area (Å²) in [6.07, 6.45) is 2.66. The van der Waals surface area contributed by atoms with Crippen LogP contribution in [0.4, 0.5) is 4.39 Å². The average Bonchev–Trinajstić information content (AvgIpc) is 2.27. The third-order valence-corrected chi connectivity index (χ3v) is 3.54. The van der Waals surface area contributed by atoms with Gasteiger partial charge in [0.2, 0.25) is 0 Å². The Morgan fingerprint density at radius 3 is 2.50 bits per heavy atom. The minimum Gasteiger partial charge on any atom is -0.206 e. The molecule has 1 nitrogen and oxygen atoms in total. The highest BCUT2D eigenvalue weighted by molar-refractivity contribution is 7.98. The summed E-state index contributed by atoms with van der Waals surface area (Å²) >= 11 is 1.60. The van der Waals surface area contributed by atoms with Gasteiger partial charge < -0.3 is 0 Å². The van der Waals surface area contributed by atoms with Crippen LogP contribution in [0.5, 0.6) is 0 Å². The van der Waals surface area contributed by atoms with Gasteiger partial charge in [0, 0.05) is 4.90 Å². The zero-order valence-electron chi connectivity index (χ0n) is 10.1. The van der Waals surface area contributed by atoms with E-state index in [0.29, 0.717) is 6.42 Å². The van der Waals surface area contributed by atoms with E-state index in [2.05, 4.69) is 0 Å². The van der Waals surface area contributed by atoms with Gasteiger partial charge in [-0.1, -0.05) is 20.8 Å². The molecule has 0 unspecified atom stereocenters. The van der Waals surface area contributed by atoms with Crippen molar-refractivity contribution in [3.63, 3.8) is 0 Å². The standard InChI is InChI=1S/C13H16FNS/c1-5-9-11(7-15)12(14)6-10(8(2)3)13(9)16-4/h6,8H,5H2,1-4H3. The van der Waals surface area contributed by atoms with E-state index >= 15 is 0 Å². The maximum atomic E-state index is 13.7. The van der Waals surface area contributed by atoms with Crippen molar-refractivity contribution in [2.45, 2.75) is 38.0 Å². The summed E-state index contributed by atoms with van der Waals surface area (Å²) in [7, 11) is 0. The van der Waals surface area contributed by atoms with Crippen molar-refractivity contribution >= 4 is 11.8 Å². The van der Waals surface area contributed by atoms with Crippen molar-refractivity contribution in [2.75, 3.05) is 6.26 Å². The van der Waals surface area contributed by atoms with Crippen LogP contribution < -0.4 is 0 Å². The first-order chi connectivity index (χ1) is 7.56. The molecule has 3 heteroatoms. The number of nitrogens with zero attached hydrogens (tertiary/aromatic N) is 1. The lowest BCUT2D eigenvalue weighted by atomic mass is 9.95. The van der Waals surface area contributed by atoms with Crippen molar-refractivity contribution in [3.8, 4) is 6.07 Å². The van der Waals surface area contributed by atoms with Gasteiger partial charge in [0.25, 0.3) is 0 Å². The molecule has 0 amide bonds. The van der Waals surface area contributed by atoms with Crippen LogP contribution >= 0.6 is 11.8 Å². The number of benzene rings is 1. The van der Waals surface area contributed by atoms with E-state index in [-0.39, 0.29) is 17.3 Å². The van der Waals surface area contributed by atoms with E-state index in [9.17, 15) is 4.39 Å². The third kappa shape index (κ3) is 2.22. The summed E-state index contributed by atoms with van der Waals surface area (Å²) in [6, 6.07) is 3.48. The Morgan fingerprint density at radius 2 is 2.12 bits per heavy atom. The van der Waals surface area contributed by atoms with Crippen LogP contribution in [0.2, 0.25) is 0 Å². The Hall–Kier alpha value is -1.01. The second kappa shape index (κ2) is 5.36. The molecule has 0 bridgehead atoms. The molecule has 0 fully saturated rings. The lowest BCUT2D eigenvalue weighted by molar-refractivity contribution is 0.613. The highest BCUT2D eigenvalue weighted by Gasteiger charge is 2.17. The van der Waals surface area contributed by atoms with Gasteiger partial charge in [-0.2, -0.15) is 5.26 Å². The zero-order valence-corrected chi connectivity index (χ0v) is 10.9. The van der Waals surface area contributed by atoms with Crippen LogP contribution in [0.3, 0.4) is 0 Å². The summed E-state index contributed by atoms with van der Waals surface area (Å²) in [5.74, 6) is -0.115. The molecule has 0 aliphatic carbocycles. The predicted molar refractivity (Wildman–Crippen MR) is 66.4 cm³/mol. The van der Waals surface area contributed by atoms with Crippen LogP contribution in [-0.4, -0.2) is 6.26 Å². The monoisotopic (exact) mass is 237 g/mol. The molecule has 1 aromatic rings. The molecule has 16 heavy (non-hydrogen) atoms. The number of halogens is 1. The molecule has 0 aliphatic rings. The van der Waals surface area contributed by atoms with Crippen molar-refractivity contribution in [1.29, 1.82) is 5.26 Å². The minimum absolute atomic E-state index is 0.205. The highest BCUT2D eigenvalue weighted by atomic mass is 32.2. The van der Waals surface area contributed by atoms with Gasteiger partial charge in [0.15, 0.2) is 0 Å². The molecule has 0 aliphatic heterocycles. The van der Waals surface area contributed by atoms with E-state index in [0.717, 1.165) is 16.0 Å². The number of thioether (sulfide) groups is 1. The van der Waals surface area contributed by atoms with Crippen molar-refractivity contribution in [2.24, 2.45) is 0 Å². The Kier molecular flexibility index (Phi) is 4.37. The van der Waals surface area contributed by atoms with E-state index in [1.165, 1.54) is 6.07 Å². The van der Waals surface area contributed by atoms with Gasteiger partial charge in [0.05, 0.1) is 5.56 Å². The van der Waals surface area contributed by atoms with Crippen molar-refractivity contribution in [1.82, 2.24) is 0 Å². The van der Waals surface area contributed by atoms with Crippen LogP contribution in [0.1, 0.15) is 43.4 Å². The molecule has 0 heterocycles. The van der Waals surface area contributed by atoms with Gasteiger partial charge in [-0.05, 0) is 35.8 Å². The first-order valence-corrected chi connectivity index (χ1v) is 6.58. The fourth-order valence-corrected chi connectivity index (χ4v) is 2.86. The number of hydrogen-bond donors (Lipinski definition) is 0. The highest BCUT2D eigenvalue weighted by Crippen LogP contribution is 2.34. The summed E-state index contributed by atoms with van der Waals surface area (Å²) < 4.78 is 13.7. The topological polar surface area (TPSA) is 23.8 Å². The molecule has 0 saturated carbocycles. The van der Waals surface area contributed by atoms with Crippen LogP contribution in [0.25, 0.3) is 0 Å². The normalized spacial score (nSPS) is 10.6. The van der Waals surface area contributed by atoms with Crippen molar-refractivity contribution in [3.05, 3.63) is 28.6 Å². The first kappa shape index (κ1) is 13.1. The van der Waals surface area contributed by atoms with E-state index < -0.39 is 0 Å². The second-order valence-corrected chi connectivity index (χ2v) is 4.77. The second-order valence-electron chi connectivity index (χ2n) is 3.95. The molecule has 1 aromatic carbocycles. The third-order valence-electron chi connectivity index (χ3n) is 2.65. The largest absolute Gasteiger partial charge is 0.206 e. The van der Waals surface area contributed by atoms with E-state index in [1.54, 1.807) is 11.8 Å². The number of rotatable bonds is 3. The maximum absolute atomic E-state index is 13.7. The van der Waals surface area contributed by atoms with Gasteiger partial charge in [-0.15, -0.1) is 11.8 Å². The van der Waals surface area contributed by atoms with Crippen LogP contribution in [0.15, 0.2) is 11.0 Å². The average molecular weight is 237 g/mol. The maximum Gasteiger partial charge on any atom is 0.141 e. The van der Waals surface area contributed by atoms with E-state index in [1.807, 2.05) is 33.1 Å². The summed E-state index contributed by atoms with van der Waals surface area (Å²) in [4.78, 5) is 1.07. The molecular formula is C13H16FNS. The zero-order chi connectivity index (χ0) is 12.3. The summed E-state index contributed by atoms with van der Waals surface area (Å²) in [5.41, 5.74) is 2.05. The molecule has 86 valence electrons. The van der Waals surface area contributed by atoms with E-state index in [4.69, 9.17) is 5.26 Å². The molecular weight excluding hydrogens is 221 g/mol. The Morgan fingerprint density at radius 1 is 1.50 bits per heavy atom. The first-order valence-electron chi connectivity index (χ1n) is 5.36. The van der Waals surface area contributed by atoms with Gasteiger partial charge >= 0.3 is 0 Å². The molecule has 0 spiro atoms. The van der Waals surface area contributed by atoms with Crippen LogP contribution in [0, 0.1) is 17.1 Å². The molecule has 0 radical (unpaired) electrons. The predicted octanol–water partition coefficient (Wildman–Crippen LogP) is 4.11. The molecule has 0 N–H and O–H groups in total. The van der Waals surface area contributed by atoms with Gasteiger partial charge in [0.1, 0.15) is 11.9 Å². The smallest absolute Gasteiger partial charge is 0.141 e. The number of nitriles is 1. The van der Waals surface area contributed by atoms with Crippen molar-refractivity contribution < 1.29 is 4.39 Å². The minimum atomic E-state index is -0.388. The SMILES string of the molecule is CCc1c(C#N)c(F)cc(C(C)C)c1SC. The summed E-state index contributed by atoms with van der Waals surface area (Å²) in [6.45, 7) is 6.04. The number of hydrogen-bond acceptors (Lipinski definition) is 2. The molecule has 0 aromatic heterocycles. The molecule has 0 saturated heterocycles.